The third kappa shape index (κ3) is 3.00. The van der Waals surface area contributed by atoms with E-state index in [-0.39, 0.29) is 6.04 Å². The molecular formula is C14H21N5. The number of hydrazine groups is 1. The predicted octanol–water partition coefficient (Wildman–Crippen LogP) is 1.66. The van der Waals surface area contributed by atoms with Crippen LogP contribution < -0.4 is 11.3 Å². The van der Waals surface area contributed by atoms with Gasteiger partial charge in [0.15, 0.2) is 0 Å². The molecule has 0 aliphatic heterocycles. The molecule has 1 atom stereocenters. The summed E-state index contributed by atoms with van der Waals surface area (Å²) < 4.78 is 1.90. The molecular weight excluding hydrogens is 238 g/mol. The molecule has 3 N–H and O–H groups in total. The number of nitrogens with two attached hydrogens (primary N) is 1. The summed E-state index contributed by atoms with van der Waals surface area (Å²) in [6.07, 6.45) is 2.32. The van der Waals surface area contributed by atoms with E-state index in [1.807, 2.05) is 4.68 Å². The maximum atomic E-state index is 5.71. The number of nitrogens with one attached hydrogen (secondary N) is 1. The number of nitrogens with zero attached hydrogens (tertiary/aromatic N) is 3. The Hall–Kier alpha value is -1.72. The van der Waals surface area contributed by atoms with Crippen molar-refractivity contribution in [1.29, 1.82) is 0 Å². The highest BCUT2D eigenvalue weighted by molar-refractivity contribution is 5.33. The summed E-state index contributed by atoms with van der Waals surface area (Å²) in [5.41, 5.74) is 6.59. The molecule has 1 aromatic heterocycles. The minimum absolute atomic E-state index is 0.0510. The number of hydrogen-bond donors (Lipinski definition) is 2. The van der Waals surface area contributed by atoms with E-state index in [9.17, 15) is 0 Å². The molecule has 1 unspecified atom stereocenters. The lowest BCUT2D eigenvalue weighted by Crippen LogP contribution is -2.31. The van der Waals surface area contributed by atoms with Gasteiger partial charge in [-0.2, -0.15) is 5.10 Å². The zero-order chi connectivity index (χ0) is 13.8. The van der Waals surface area contributed by atoms with Crippen LogP contribution in [-0.4, -0.2) is 14.8 Å². The second-order valence-electron chi connectivity index (χ2n) is 4.78. The minimum Gasteiger partial charge on any atom is -0.271 e. The Morgan fingerprint density at radius 3 is 2.79 bits per heavy atom. The van der Waals surface area contributed by atoms with E-state index >= 15 is 0 Å². The first kappa shape index (κ1) is 13.7. The minimum atomic E-state index is 0.0510. The average molecular weight is 259 g/mol. The van der Waals surface area contributed by atoms with Crippen molar-refractivity contribution >= 4 is 0 Å². The summed E-state index contributed by atoms with van der Waals surface area (Å²) in [4.78, 5) is 4.30. The van der Waals surface area contributed by atoms with Gasteiger partial charge in [0.05, 0.1) is 6.04 Å². The van der Waals surface area contributed by atoms with Gasteiger partial charge in [-0.25, -0.2) is 4.98 Å². The van der Waals surface area contributed by atoms with Crippen molar-refractivity contribution < 1.29 is 0 Å². The van der Waals surface area contributed by atoms with Gasteiger partial charge in [-0.15, -0.1) is 0 Å². The van der Waals surface area contributed by atoms with Crippen LogP contribution in [0.1, 0.15) is 35.5 Å². The Bertz CT molecular complexity index is 547. The van der Waals surface area contributed by atoms with E-state index in [1.165, 1.54) is 16.7 Å². The Kier molecular flexibility index (Phi) is 4.29. The largest absolute Gasteiger partial charge is 0.271 e. The zero-order valence-electron chi connectivity index (χ0n) is 11.7. The molecule has 0 amide bonds. The van der Waals surface area contributed by atoms with Crippen LogP contribution in [0.2, 0.25) is 0 Å². The maximum absolute atomic E-state index is 5.71. The van der Waals surface area contributed by atoms with Gasteiger partial charge in [0.2, 0.25) is 0 Å². The normalized spacial score (nSPS) is 12.6. The molecule has 1 aromatic carbocycles. The summed E-state index contributed by atoms with van der Waals surface area (Å²) in [5.74, 6) is 6.66. The number of aromatic nitrogens is 3. The van der Waals surface area contributed by atoms with Gasteiger partial charge in [0.25, 0.3) is 0 Å². The quantitative estimate of drug-likeness (QED) is 0.633. The highest BCUT2D eigenvalue weighted by atomic mass is 15.3. The Balaban J connectivity index is 2.25. The smallest absolute Gasteiger partial charge is 0.138 e. The molecule has 5 heteroatoms. The third-order valence-electron chi connectivity index (χ3n) is 3.38. The standard InChI is InChI=1S/C14H21N5/c1-4-19-14(16-9-17-19)8-13(18-15)12-6-5-10(2)7-11(12)3/h5-7,9,13,18H,4,8,15H2,1-3H3. The monoisotopic (exact) mass is 259 g/mol. The number of aryl methyl sites for hydroxylation is 3. The van der Waals surface area contributed by atoms with Crippen molar-refractivity contribution in [2.24, 2.45) is 5.84 Å². The van der Waals surface area contributed by atoms with E-state index in [0.717, 1.165) is 18.8 Å². The molecule has 0 fully saturated rings. The molecule has 1 heterocycles. The van der Waals surface area contributed by atoms with Gasteiger partial charge in [-0.3, -0.25) is 16.0 Å². The first-order valence-electron chi connectivity index (χ1n) is 6.55. The highest BCUT2D eigenvalue weighted by Crippen LogP contribution is 2.21. The molecule has 0 radical (unpaired) electrons. The van der Waals surface area contributed by atoms with Crippen LogP contribution in [0.3, 0.4) is 0 Å². The molecule has 0 aliphatic rings. The maximum Gasteiger partial charge on any atom is 0.138 e. The van der Waals surface area contributed by atoms with E-state index < -0.39 is 0 Å². The second kappa shape index (κ2) is 5.95. The summed E-state index contributed by atoms with van der Waals surface area (Å²) >= 11 is 0. The first-order chi connectivity index (χ1) is 9.15. The van der Waals surface area contributed by atoms with Crippen LogP contribution in [0, 0.1) is 13.8 Å². The Morgan fingerprint density at radius 2 is 2.16 bits per heavy atom. The fourth-order valence-electron chi connectivity index (χ4n) is 2.37. The molecule has 0 spiro atoms. The number of benzene rings is 1. The van der Waals surface area contributed by atoms with E-state index in [2.05, 4.69) is 54.5 Å². The van der Waals surface area contributed by atoms with Crippen molar-refractivity contribution in [1.82, 2.24) is 20.2 Å². The van der Waals surface area contributed by atoms with Gasteiger partial charge >= 0.3 is 0 Å². The lowest BCUT2D eigenvalue weighted by molar-refractivity contribution is 0.508. The molecule has 102 valence electrons. The fraction of sp³-hybridized carbons (Fsp3) is 0.429. The molecule has 2 aromatic rings. The summed E-state index contributed by atoms with van der Waals surface area (Å²) in [7, 11) is 0. The molecule has 0 bridgehead atoms. The van der Waals surface area contributed by atoms with Crippen LogP contribution in [0.15, 0.2) is 24.5 Å². The van der Waals surface area contributed by atoms with Crippen molar-refractivity contribution in [3.63, 3.8) is 0 Å². The summed E-state index contributed by atoms with van der Waals surface area (Å²) in [6.45, 7) is 7.08. The van der Waals surface area contributed by atoms with Crippen molar-refractivity contribution in [2.45, 2.75) is 39.8 Å². The molecule has 2 rings (SSSR count). The van der Waals surface area contributed by atoms with E-state index in [4.69, 9.17) is 5.84 Å². The number of rotatable bonds is 5. The molecule has 0 saturated carbocycles. The van der Waals surface area contributed by atoms with Gasteiger partial charge in [-0.05, 0) is 31.9 Å². The van der Waals surface area contributed by atoms with Crippen molar-refractivity contribution in [2.75, 3.05) is 0 Å². The SMILES string of the molecule is CCn1ncnc1CC(NN)c1ccc(C)cc1C. The lowest BCUT2D eigenvalue weighted by Gasteiger charge is -2.18. The second-order valence-corrected chi connectivity index (χ2v) is 4.78. The van der Waals surface area contributed by atoms with Crippen molar-refractivity contribution in [3.05, 3.63) is 47.0 Å². The summed E-state index contributed by atoms with van der Waals surface area (Å²) in [6, 6.07) is 6.46. The van der Waals surface area contributed by atoms with Crippen LogP contribution in [0.25, 0.3) is 0 Å². The van der Waals surface area contributed by atoms with Gasteiger partial charge in [0.1, 0.15) is 12.2 Å². The van der Waals surface area contributed by atoms with E-state index in [0.29, 0.717) is 0 Å². The molecule has 0 saturated heterocycles. The molecule has 19 heavy (non-hydrogen) atoms. The van der Waals surface area contributed by atoms with Crippen LogP contribution in [0.5, 0.6) is 0 Å². The fourth-order valence-corrected chi connectivity index (χ4v) is 2.37. The highest BCUT2D eigenvalue weighted by Gasteiger charge is 2.16. The zero-order valence-corrected chi connectivity index (χ0v) is 11.7. The Labute approximate surface area is 113 Å². The van der Waals surface area contributed by atoms with Gasteiger partial charge < -0.3 is 0 Å². The lowest BCUT2D eigenvalue weighted by atomic mass is 9.97. The predicted molar refractivity (Wildman–Crippen MR) is 75.4 cm³/mol. The van der Waals surface area contributed by atoms with Crippen molar-refractivity contribution in [3.8, 4) is 0 Å². The Morgan fingerprint density at radius 1 is 1.37 bits per heavy atom. The van der Waals surface area contributed by atoms with Crippen LogP contribution in [0.4, 0.5) is 0 Å². The van der Waals surface area contributed by atoms with Crippen LogP contribution in [-0.2, 0) is 13.0 Å². The molecule has 0 aliphatic carbocycles. The van der Waals surface area contributed by atoms with Gasteiger partial charge in [0, 0.05) is 13.0 Å². The molecule has 5 nitrogen and oxygen atoms in total. The average Bonchev–Trinajstić information content (AvgIpc) is 2.84. The third-order valence-corrected chi connectivity index (χ3v) is 3.38. The topological polar surface area (TPSA) is 68.8 Å². The van der Waals surface area contributed by atoms with Gasteiger partial charge in [-0.1, -0.05) is 23.8 Å². The van der Waals surface area contributed by atoms with Crippen LogP contribution >= 0.6 is 0 Å². The summed E-state index contributed by atoms with van der Waals surface area (Å²) in [5, 5.41) is 4.19. The first-order valence-corrected chi connectivity index (χ1v) is 6.55. The van der Waals surface area contributed by atoms with E-state index in [1.54, 1.807) is 6.33 Å². The number of hydrogen-bond acceptors (Lipinski definition) is 4.